The SMILES string of the molecule is C=C(C)C(=O)OCC(O)(C(F)(F)F)C(F)(F)F. The van der Waals surface area contributed by atoms with Gasteiger partial charge in [0.05, 0.1) is 0 Å². The summed E-state index contributed by atoms with van der Waals surface area (Å²) < 4.78 is 76.1. The van der Waals surface area contributed by atoms with E-state index in [2.05, 4.69) is 11.3 Å². The van der Waals surface area contributed by atoms with Crippen LogP contribution < -0.4 is 0 Å². The topological polar surface area (TPSA) is 46.5 Å². The van der Waals surface area contributed by atoms with Gasteiger partial charge in [-0.3, -0.25) is 0 Å². The summed E-state index contributed by atoms with van der Waals surface area (Å²) in [5.41, 5.74) is -5.48. The summed E-state index contributed by atoms with van der Waals surface area (Å²) in [5.74, 6) is -1.46. The minimum atomic E-state index is -6.01. The average Bonchev–Trinajstić information content (AvgIpc) is 2.09. The highest BCUT2D eigenvalue weighted by Gasteiger charge is 2.71. The van der Waals surface area contributed by atoms with Gasteiger partial charge in [-0.15, -0.1) is 0 Å². The molecule has 0 aromatic heterocycles. The zero-order valence-electron chi connectivity index (χ0n) is 8.45. The number of esters is 1. The first-order valence-corrected chi connectivity index (χ1v) is 4.01. The van der Waals surface area contributed by atoms with Crippen molar-refractivity contribution in [3.05, 3.63) is 12.2 Å². The second kappa shape index (κ2) is 4.55. The third-order valence-electron chi connectivity index (χ3n) is 1.70. The fourth-order valence-electron chi connectivity index (χ4n) is 0.618. The lowest BCUT2D eigenvalue weighted by atomic mass is 10.0. The molecule has 0 fully saturated rings. The second-order valence-electron chi connectivity index (χ2n) is 3.21. The molecule has 0 unspecified atom stereocenters. The van der Waals surface area contributed by atoms with Gasteiger partial charge in [0.2, 0.25) is 0 Å². The Bertz CT molecular complexity index is 302. The molecule has 0 aromatic carbocycles. The number of aliphatic hydroxyl groups is 1. The van der Waals surface area contributed by atoms with Gasteiger partial charge in [-0.25, -0.2) is 4.79 Å². The minimum absolute atomic E-state index is 0.392. The summed E-state index contributed by atoms with van der Waals surface area (Å²) in [4.78, 5) is 10.7. The fourth-order valence-corrected chi connectivity index (χ4v) is 0.618. The number of alkyl halides is 6. The molecule has 0 aliphatic heterocycles. The first-order valence-electron chi connectivity index (χ1n) is 4.01. The van der Waals surface area contributed by atoms with Gasteiger partial charge in [0, 0.05) is 5.57 Å². The van der Waals surface area contributed by atoms with Crippen LogP contribution >= 0.6 is 0 Å². The highest BCUT2D eigenvalue weighted by atomic mass is 19.4. The highest BCUT2D eigenvalue weighted by molar-refractivity contribution is 5.86. The van der Waals surface area contributed by atoms with Gasteiger partial charge < -0.3 is 9.84 Å². The molecule has 0 saturated carbocycles. The number of carbonyl (C=O) groups excluding carboxylic acids is 1. The Morgan fingerprint density at radius 2 is 1.53 bits per heavy atom. The lowest BCUT2D eigenvalue weighted by Gasteiger charge is -2.31. The summed E-state index contributed by atoms with van der Waals surface area (Å²) in [5, 5.41) is 8.56. The summed E-state index contributed by atoms with van der Waals surface area (Å²) in [6.45, 7) is 1.72. The van der Waals surface area contributed by atoms with Gasteiger partial charge in [0.1, 0.15) is 6.61 Å². The number of ether oxygens (including phenoxy) is 1. The first kappa shape index (κ1) is 15.8. The van der Waals surface area contributed by atoms with E-state index in [0.29, 0.717) is 0 Å². The maximum absolute atomic E-state index is 12.1. The Balaban J connectivity index is 5.01. The van der Waals surface area contributed by atoms with Crippen LogP contribution in [0.5, 0.6) is 0 Å². The van der Waals surface area contributed by atoms with Crippen LogP contribution in [0.3, 0.4) is 0 Å². The largest absolute Gasteiger partial charge is 0.459 e. The molecule has 0 aliphatic carbocycles. The lowest BCUT2D eigenvalue weighted by molar-refractivity contribution is -0.375. The van der Waals surface area contributed by atoms with E-state index in [4.69, 9.17) is 5.11 Å². The lowest BCUT2D eigenvalue weighted by Crippen LogP contribution is -2.60. The third kappa shape index (κ3) is 3.35. The zero-order chi connectivity index (χ0) is 14.1. The fraction of sp³-hybridized carbons (Fsp3) is 0.625. The molecule has 0 saturated heterocycles. The molecule has 0 atom stereocenters. The van der Waals surface area contributed by atoms with E-state index in [1.165, 1.54) is 0 Å². The molecule has 0 heterocycles. The van der Waals surface area contributed by atoms with Gasteiger partial charge >= 0.3 is 18.3 Å². The van der Waals surface area contributed by atoms with Crippen molar-refractivity contribution in [3.8, 4) is 0 Å². The van der Waals surface area contributed by atoms with Crippen molar-refractivity contribution in [2.75, 3.05) is 6.61 Å². The first-order chi connectivity index (χ1) is 7.33. The van der Waals surface area contributed by atoms with Crippen molar-refractivity contribution in [2.24, 2.45) is 0 Å². The molecule has 9 heteroatoms. The number of halogens is 6. The van der Waals surface area contributed by atoms with Crippen molar-refractivity contribution >= 4 is 5.97 Å². The maximum Gasteiger partial charge on any atom is 0.429 e. The van der Waals surface area contributed by atoms with E-state index in [0.717, 1.165) is 6.92 Å². The van der Waals surface area contributed by atoms with Crippen LogP contribution in [0.1, 0.15) is 6.92 Å². The van der Waals surface area contributed by atoms with Crippen LogP contribution in [0.4, 0.5) is 26.3 Å². The molecule has 0 bridgehead atoms. The van der Waals surface area contributed by atoms with Crippen LogP contribution in [-0.2, 0) is 9.53 Å². The molecule has 0 rings (SSSR count). The molecule has 0 amide bonds. The van der Waals surface area contributed by atoms with Gasteiger partial charge in [-0.05, 0) is 6.92 Å². The Morgan fingerprint density at radius 3 is 1.76 bits per heavy atom. The Kier molecular flexibility index (Phi) is 4.22. The van der Waals surface area contributed by atoms with E-state index in [1.807, 2.05) is 0 Å². The van der Waals surface area contributed by atoms with Crippen LogP contribution in [0.15, 0.2) is 12.2 Å². The van der Waals surface area contributed by atoms with Gasteiger partial charge in [0.25, 0.3) is 5.60 Å². The highest BCUT2D eigenvalue weighted by Crippen LogP contribution is 2.43. The maximum atomic E-state index is 12.1. The van der Waals surface area contributed by atoms with Crippen molar-refractivity contribution in [1.29, 1.82) is 0 Å². The van der Waals surface area contributed by atoms with Gasteiger partial charge in [-0.2, -0.15) is 26.3 Å². The van der Waals surface area contributed by atoms with E-state index in [-0.39, 0.29) is 0 Å². The van der Waals surface area contributed by atoms with Crippen molar-refractivity contribution in [1.82, 2.24) is 0 Å². The van der Waals surface area contributed by atoms with E-state index in [1.54, 1.807) is 0 Å². The monoisotopic (exact) mass is 266 g/mol. The number of hydrogen-bond acceptors (Lipinski definition) is 3. The van der Waals surface area contributed by atoms with Crippen LogP contribution in [0.2, 0.25) is 0 Å². The minimum Gasteiger partial charge on any atom is -0.459 e. The molecular formula is C8H8F6O3. The normalized spacial score (nSPS) is 13.4. The van der Waals surface area contributed by atoms with Gasteiger partial charge in [0.15, 0.2) is 0 Å². The number of rotatable bonds is 3. The van der Waals surface area contributed by atoms with E-state index < -0.39 is 36.1 Å². The predicted molar refractivity (Wildman–Crippen MR) is 42.8 cm³/mol. The van der Waals surface area contributed by atoms with Crippen molar-refractivity contribution < 1.29 is 41.0 Å². The van der Waals surface area contributed by atoms with Crippen LogP contribution in [0, 0.1) is 0 Å². The molecular weight excluding hydrogens is 258 g/mol. The van der Waals surface area contributed by atoms with Crippen LogP contribution in [0.25, 0.3) is 0 Å². The second-order valence-corrected chi connectivity index (χ2v) is 3.21. The van der Waals surface area contributed by atoms with Crippen LogP contribution in [-0.4, -0.2) is 35.6 Å². The van der Waals surface area contributed by atoms with E-state index >= 15 is 0 Å². The molecule has 100 valence electrons. The Hall–Kier alpha value is -1.25. The molecule has 0 radical (unpaired) electrons. The quantitative estimate of drug-likeness (QED) is 0.482. The van der Waals surface area contributed by atoms with Gasteiger partial charge in [-0.1, -0.05) is 6.58 Å². The summed E-state index contributed by atoms with van der Waals surface area (Å²) >= 11 is 0. The van der Waals surface area contributed by atoms with E-state index in [9.17, 15) is 31.1 Å². The summed E-state index contributed by atoms with van der Waals surface area (Å²) in [6.07, 6.45) is -12.0. The molecule has 17 heavy (non-hydrogen) atoms. The Labute approximate surface area is 91.7 Å². The smallest absolute Gasteiger partial charge is 0.429 e. The molecule has 0 spiro atoms. The van der Waals surface area contributed by atoms with Crippen molar-refractivity contribution in [2.45, 2.75) is 24.9 Å². The Morgan fingerprint density at radius 1 is 1.18 bits per heavy atom. The molecule has 3 nitrogen and oxygen atoms in total. The zero-order valence-corrected chi connectivity index (χ0v) is 8.45. The number of hydrogen-bond donors (Lipinski definition) is 1. The average molecular weight is 266 g/mol. The molecule has 0 aromatic rings. The molecule has 0 aliphatic rings. The van der Waals surface area contributed by atoms with Crippen molar-refractivity contribution in [3.63, 3.8) is 0 Å². The number of carbonyl (C=O) groups is 1. The molecule has 1 N–H and O–H groups in total. The summed E-state index contributed by atoms with van der Waals surface area (Å²) in [7, 11) is 0. The predicted octanol–water partition coefficient (Wildman–Crippen LogP) is 1.96. The summed E-state index contributed by atoms with van der Waals surface area (Å²) in [6, 6.07) is 0. The third-order valence-corrected chi connectivity index (χ3v) is 1.70. The standard InChI is InChI=1S/C8H8F6O3/c1-4(2)5(15)17-3-6(16,7(9,10)11)8(12,13)14/h16H,1,3H2,2H3.